The highest BCUT2D eigenvalue weighted by molar-refractivity contribution is 5.85. The van der Waals surface area contributed by atoms with Crippen LogP contribution in [0.25, 0.3) is 11.4 Å². The fourth-order valence-corrected chi connectivity index (χ4v) is 4.28. The number of carbonyl (C=O) groups is 1. The number of aromatic nitrogens is 2. The lowest BCUT2D eigenvalue weighted by Crippen LogP contribution is -2.49. The number of halogens is 2. The van der Waals surface area contributed by atoms with Gasteiger partial charge in [-0.05, 0) is 45.2 Å². The molecule has 1 N–H and O–H groups in total. The highest BCUT2D eigenvalue weighted by Crippen LogP contribution is 2.24. The van der Waals surface area contributed by atoms with Gasteiger partial charge in [0.15, 0.2) is 0 Å². The molecule has 7 nitrogen and oxygen atoms in total. The minimum Gasteiger partial charge on any atom is -0.340 e. The third-order valence-corrected chi connectivity index (χ3v) is 6.27. The summed E-state index contributed by atoms with van der Waals surface area (Å²) in [5.41, 5.74) is 0.957. The van der Waals surface area contributed by atoms with Crippen LogP contribution in [0, 0.1) is 5.92 Å². The Kier molecular flexibility index (Phi) is 10.2. The van der Waals surface area contributed by atoms with Crippen LogP contribution in [-0.2, 0) is 4.79 Å². The normalized spacial score (nSPS) is 18.7. The average Bonchev–Trinajstić information content (AvgIpc) is 3.29. The average molecular weight is 470 g/mol. The van der Waals surface area contributed by atoms with E-state index in [1.807, 2.05) is 35.2 Å². The molecule has 0 saturated carbocycles. The third-order valence-electron chi connectivity index (χ3n) is 6.27. The van der Waals surface area contributed by atoms with Gasteiger partial charge < -0.3 is 14.7 Å². The molecule has 172 valence electrons. The zero-order valence-corrected chi connectivity index (χ0v) is 19.7. The molecule has 9 heteroatoms. The zero-order chi connectivity index (χ0) is 20.1. The van der Waals surface area contributed by atoms with Crippen LogP contribution in [0.1, 0.15) is 44.5 Å². The number of rotatable bonds is 6. The topological polar surface area (TPSA) is 74.5 Å². The summed E-state index contributed by atoms with van der Waals surface area (Å²) in [6, 6.07) is 9.92. The molecule has 0 aliphatic carbocycles. The highest BCUT2D eigenvalue weighted by Gasteiger charge is 2.28. The van der Waals surface area contributed by atoms with Crippen LogP contribution in [0.5, 0.6) is 0 Å². The summed E-state index contributed by atoms with van der Waals surface area (Å²) in [5.74, 6) is 2.27. The van der Waals surface area contributed by atoms with E-state index in [1.54, 1.807) is 0 Å². The molecule has 1 aromatic carbocycles. The Hall–Kier alpha value is -1.67. The van der Waals surface area contributed by atoms with Gasteiger partial charge in [0.05, 0.1) is 6.04 Å². The van der Waals surface area contributed by atoms with Crippen molar-refractivity contribution in [3.05, 3.63) is 36.2 Å². The van der Waals surface area contributed by atoms with Crippen molar-refractivity contribution in [1.82, 2.24) is 25.3 Å². The Labute approximate surface area is 196 Å². The molecule has 2 aliphatic rings. The SMILES string of the molecule is CC(c1nc(-c2ccccc2)no1)N1CCN(C(=O)CCC2CCNCC2)CC1.Cl.Cl. The van der Waals surface area contributed by atoms with Gasteiger partial charge in [0, 0.05) is 38.2 Å². The van der Waals surface area contributed by atoms with E-state index >= 15 is 0 Å². The van der Waals surface area contributed by atoms with Crippen molar-refractivity contribution in [1.29, 1.82) is 0 Å². The van der Waals surface area contributed by atoms with E-state index < -0.39 is 0 Å². The molecule has 3 heterocycles. The van der Waals surface area contributed by atoms with E-state index in [9.17, 15) is 4.79 Å². The van der Waals surface area contributed by atoms with Gasteiger partial charge in [-0.1, -0.05) is 35.5 Å². The lowest BCUT2D eigenvalue weighted by atomic mass is 9.93. The third kappa shape index (κ3) is 6.65. The minimum atomic E-state index is 0. The van der Waals surface area contributed by atoms with Crippen LogP contribution in [0.2, 0.25) is 0 Å². The Morgan fingerprint density at radius 3 is 2.48 bits per heavy atom. The number of carbonyl (C=O) groups excluding carboxylic acids is 1. The molecule has 1 atom stereocenters. The molecule has 2 aromatic rings. The molecule has 2 saturated heterocycles. The fraction of sp³-hybridized carbons (Fsp3) is 0.591. The first kappa shape index (κ1) is 25.6. The van der Waals surface area contributed by atoms with E-state index in [1.165, 1.54) is 12.8 Å². The fourth-order valence-electron chi connectivity index (χ4n) is 4.28. The second-order valence-electron chi connectivity index (χ2n) is 8.15. The van der Waals surface area contributed by atoms with Gasteiger partial charge in [0.2, 0.25) is 17.6 Å². The van der Waals surface area contributed by atoms with Crippen molar-refractivity contribution in [2.45, 2.75) is 38.6 Å². The zero-order valence-electron chi connectivity index (χ0n) is 18.0. The van der Waals surface area contributed by atoms with Gasteiger partial charge in [-0.3, -0.25) is 9.69 Å². The maximum atomic E-state index is 12.6. The van der Waals surface area contributed by atoms with Crippen molar-refractivity contribution >= 4 is 30.7 Å². The number of benzene rings is 1. The molecule has 0 bridgehead atoms. The number of nitrogens with zero attached hydrogens (tertiary/aromatic N) is 4. The smallest absolute Gasteiger partial charge is 0.244 e. The highest BCUT2D eigenvalue weighted by atomic mass is 35.5. The van der Waals surface area contributed by atoms with Crippen LogP contribution in [0.4, 0.5) is 0 Å². The minimum absolute atomic E-state index is 0. The molecular formula is C22H33Cl2N5O2. The Morgan fingerprint density at radius 1 is 1.13 bits per heavy atom. The monoisotopic (exact) mass is 469 g/mol. The molecular weight excluding hydrogens is 437 g/mol. The van der Waals surface area contributed by atoms with E-state index in [4.69, 9.17) is 4.52 Å². The van der Waals surface area contributed by atoms with Crippen molar-refractivity contribution in [2.24, 2.45) is 5.92 Å². The van der Waals surface area contributed by atoms with Gasteiger partial charge in [-0.25, -0.2) is 0 Å². The van der Waals surface area contributed by atoms with Crippen molar-refractivity contribution in [2.75, 3.05) is 39.3 Å². The summed E-state index contributed by atoms with van der Waals surface area (Å²) in [6.07, 6.45) is 4.12. The van der Waals surface area contributed by atoms with Crippen LogP contribution in [-0.4, -0.2) is 65.1 Å². The van der Waals surface area contributed by atoms with Gasteiger partial charge >= 0.3 is 0 Å². The van der Waals surface area contributed by atoms with Gasteiger partial charge in [-0.2, -0.15) is 4.98 Å². The largest absolute Gasteiger partial charge is 0.340 e. The maximum Gasteiger partial charge on any atom is 0.244 e. The summed E-state index contributed by atoms with van der Waals surface area (Å²) in [5, 5.41) is 7.52. The van der Waals surface area contributed by atoms with E-state index in [0.717, 1.165) is 51.3 Å². The lowest BCUT2D eigenvalue weighted by molar-refractivity contribution is -0.133. The molecule has 0 spiro atoms. The van der Waals surface area contributed by atoms with E-state index in [2.05, 4.69) is 27.3 Å². The van der Waals surface area contributed by atoms with Crippen LogP contribution >= 0.6 is 24.8 Å². The Bertz CT molecular complexity index is 790. The summed E-state index contributed by atoms with van der Waals surface area (Å²) < 4.78 is 5.53. The van der Waals surface area contributed by atoms with Crippen molar-refractivity contribution < 1.29 is 9.32 Å². The van der Waals surface area contributed by atoms with Crippen LogP contribution in [0.15, 0.2) is 34.9 Å². The number of piperazine rings is 1. The van der Waals surface area contributed by atoms with Crippen LogP contribution in [0.3, 0.4) is 0 Å². The Morgan fingerprint density at radius 2 is 1.81 bits per heavy atom. The molecule has 31 heavy (non-hydrogen) atoms. The van der Waals surface area contributed by atoms with Gasteiger partial charge in [0.1, 0.15) is 0 Å². The molecule has 1 aromatic heterocycles. The predicted octanol–water partition coefficient (Wildman–Crippen LogP) is 3.57. The number of nitrogens with one attached hydrogen (secondary N) is 1. The summed E-state index contributed by atoms with van der Waals surface area (Å²) in [4.78, 5) is 21.5. The number of amides is 1. The first-order chi connectivity index (χ1) is 14.2. The molecule has 2 fully saturated rings. The summed E-state index contributed by atoms with van der Waals surface area (Å²) >= 11 is 0. The van der Waals surface area contributed by atoms with E-state index in [-0.39, 0.29) is 30.9 Å². The summed E-state index contributed by atoms with van der Waals surface area (Å²) in [7, 11) is 0. The molecule has 0 radical (unpaired) electrons. The standard InChI is InChI=1S/C22H31N5O2.2ClH/c1-17(22-24-21(25-29-22)19-5-3-2-4-6-19)26-13-15-27(16-14-26)20(28)8-7-18-9-11-23-12-10-18;;/h2-6,17-18,23H,7-16H2,1H3;2*1H. The first-order valence-corrected chi connectivity index (χ1v) is 10.8. The second kappa shape index (κ2) is 12.4. The number of piperidine rings is 1. The van der Waals surface area contributed by atoms with Crippen molar-refractivity contribution in [3.8, 4) is 11.4 Å². The maximum absolute atomic E-state index is 12.6. The number of hydrogen-bond donors (Lipinski definition) is 1. The number of hydrogen-bond acceptors (Lipinski definition) is 6. The summed E-state index contributed by atoms with van der Waals surface area (Å²) in [6.45, 7) is 7.50. The molecule has 4 rings (SSSR count). The predicted molar refractivity (Wildman–Crippen MR) is 126 cm³/mol. The molecule has 2 aliphatic heterocycles. The molecule has 1 amide bonds. The Balaban J connectivity index is 0.00000171. The molecule has 1 unspecified atom stereocenters. The second-order valence-corrected chi connectivity index (χ2v) is 8.15. The first-order valence-electron chi connectivity index (χ1n) is 10.8. The van der Waals surface area contributed by atoms with Crippen LogP contribution < -0.4 is 5.32 Å². The van der Waals surface area contributed by atoms with Gasteiger partial charge in [-0.15, -0.1) is 24.8 Å². The van der Waals surface area contributed by atoms with Crippen molar-refractivity contribution in [3.63, 3.8) is 0 Å². The van der Waals surface area contributed by atoms with E-state index in [0.29, 0.717) is 30.0 Å². The lowest BCUT2D eigenvalue weighted by Gasteiger charge is -2.37. The quantitative estimate of drug-likeness (QED) is 0.696. The van der Waals surface area contributed by atoms with Gasteiger partial charge in [0.25, 0.3) is 0 Å².